The van der Waals surface area contributed by atoms with Gasteiger partial charge in [-0.05, 0) is 40.7 Å². The summed E-state index contributed by atoms with van der Waals surface area (Å²) in [5.41, 5.74) is 2.54. The first-order chi connectivity index (χ1) is 18.0. The van der Waals surface area contributed by atoms with E-state index >= 15 is 4.79 Å². The zero-order chi connectivity index (χ0) is 25.2. The topological polar surface area (TPSA) is 34.1 Å². The van der Waals surface area contributed by atoms with Gasteiger partial charge in [0.25, 0.3) is 0 Å². The lowest BCUT2D eigenvalue weighted by Crippen LogP contribution is -2.81. The van der Waals surface area contributed by atoms with Gasteiger partial charge in [0.1, 0.15) is 5.78 Å². The fraction of sp³-hybridized carbons (Fsp3) is 0.257. The molecule has 0 N–H and O–H groups in total. The Kier molecular flexibility index (Phi) is 3.78. The highest BCUT2D eigenvalue weighted by molar-refractivity contribution is 6.18. The molecule has 9 rings (SSSR count). The van der Waals surface area contributed by atoms with Gasteiger partial charge in [0.15, 0.2) is 5.78 Å². The highest BCUT2D eigenvalue weighted by Crippen LogP contribution is 2.90. The van der Waals surface area contributed by atoms with Crippen molar-refractivity contribution in [2.75, 3.05) is 0 Å². The number of carbonyl (C=O) groups excluding carboxylic acids is 2. The third kappa shape index (κ3) is 1.82. The molecule has 2 nitrogen and oxygen atoms in total. The first-order valence-electron chi connectivity index (χ1n) is 13.4. The lowest BCUT2D eigenvalue weighted by atomic mass is 9.25. The fourth-order valence-electron chi connectivity index (χ4n) is 10.2. The second kappa shape index (κ2) is 6.55. The second-order valence-electron chi connectivity index (χ2n) is 11.7. The summed E-state index contributed by atoms with van der Waals surface area (Å²) >= 11 is 0. The third-order valence-corrected chi connectivity index (χ3v) is 10.8. The SMILES string of the molecule is C[C@@H]1C(=O)[C@H]2[C@@]3(c4ccccc4)[C@@H]1[C@@]1(c4ccccc4)c4ccccc4[C@@]2(C)C(=O)[C@@]13c1ccccc1. The molecule has 0 aromatic heterocycles. The standard InChI is InChI=1S/C35H28O2/c1-22-28(36)30-32(2)26-20-12-13-21-27(26)33(23-14-6-3-7-15-23)29(22)34(30,24-16-8-4-9-17-24)35(33,31(32)37)25-18-10-5-11-19-25/h3-22,29-30H,1-2H3/t22-,29+,30-,32-,33-,34-,35+/m1/s1. The van der Waals surface area contributed by atoms with Gasteiger partial charge >= 0.3 is 0 Å². The minimum Gasteiger partial charge on any atom is -0.299 e. The summed E-state index contributed by atoms with van der Waals surface area (Å²) in [5, 5.41) is 0. The monoisotopic (exact) mass is 480 g/mol. The summed E-state index contributed by atoms with van der Waals surface area (Å²) in [7, 11) is 0. The number of ketones is 2. The van der Waals surface area contributed by atoms with Crippen LogP contribution in [-0.2, 0) is 31.2 Å². The van der Waals surface area contributed by atoms with Crippen LogP contribution in [0, 0.1) is 17.8 Å². The molecule has 2 heteroatoms. The first kappa shape index (κ1) is 21.3. The number of benzene rings is 4. The summed E-state index contributed by atoms with van der Waals surface area (Å²) in [6.07, 6.45) is 0. The fourth-order valence-corrected chi connectivity index (χ4v) is 10.2. The van der Waals surface area contributed by atoms with Crippen LogP contribution in [0.4, 0.5) is 0 Å². The molecule has 4 aromatic rings. The van der Waals surface area contributed by atoms with Crippen LogP contribution in [0.2, 0.25) is 0 Å². The lowest BCUT2D eigenvalue weighted by Gasteiger charge is -2.74. The molecule has 7 atom stereocenters. The van der Waals surface area contributed by atoms with Crippen molar-refractivity contribution in [2.24, 2.45) is 17.8 Å². The zero-order valence-corrected chi connectivity index (χ0v) is 21.0. The molecule has 6 bridgehead atoms. The summed E-state index contributed by atoms with van der Waals surface area (Å²) in [6, 6.07) is 40.0. The highest BCUT2D eigenvalue weighted by Gasteiger charge is 2.98. The van der Waals surface area contributed by atoms with E-state index in [1.54, 1.807) is 0 Å². The normalized spacial score (nSPS) is 38.3. The molecule has 180 valence electrons. The first-order valence-corrected chi connectivity index (χ1v) is 13.4. The van der Waals surface area contributed by atoms with Crippen molar-refractivity contribution >= 4 is 11.6 Å². The van der Waals surface area contributed by atoms with Gasteiger partial charge in [-0.3, -0.25) is 9.59 Å². The van der Waals surface area contributed by atoms with Gasteiger partial charge in [-0.2, -0.15) is 0 Å². The molecule has 0 saturated heterocycles. The minimum absolute atomic E-state index is 0.0306. The summed E-state index contributed by atoms with van der Waals surface area (Å²) in [6.45, 7) is 4.20. The second-order valence-corrected chi connectivity index (χ2v) is 11.7. The van der Waals surface area contributed by atoms with Gasteiger partial charge in [-0.15, -0.1) is 0 Å². The van der Waals surface area contributed by atoms with E-state index in [4.69, 9.17) is 0 Å². The van der Waals surface area contributed by atoms with Crippen molar-refractivity contribution in [1.82, 2.24) is 0 Å². The van der Waals surface area contributed by atoms with Crippen molar-refractivity contribution in [2.45, 2.75) is 35.5 Å². The number of carbonyl (C=O) groups is 2. The Hall–Kier alpha value is -3.78. The van der Waals surface area contributed by atoms with Crippen molar-refractivity contribution in [3.8, 4) is 0 Å². The smallest absolute Gasteiger partial charge is 0.156 e. The van der Waals surface area contributed by atoms with Crippen LogP contribution >= 0.6 is 0 Å². The van der Waals surface area contributed by atoms with Crippen molar-refractivity contribution in [3.63, 3.8) is 0 Å². The van der Waals surface area contributed by atoms with Crippen LogP contribution < -0.4 is 0 Å². The maximum atomic E-state index is 15.5. The molecule has 5 aliphatic rings. The van der Waals surface area contributed by atoms with Crippen molar-refractivity contribution < 1.29 is 9.59 Å². The molecule has 3 fully saturated rings. The molecule has 0 unspecified atom stereocenters. The summed E-state index contributed by atoms with van der Waals surface area (Å²) < 4.78 is 0. The van der Waals surface area contributed by atoms with Gasteiger partial charge in [0, 0.05) is 22.7 Å². The summed E-state index contributed by atoms with van der Waals surface area (Å²) in [4.78, 5) is 30.0. The average Bonchev–Trinajstić information content (AvgIpc) is 3.17. The van der Waals surface area contributed by atoms with E-state index in [2.05, 4.69) is 105 Å². The maximum absolute atomic E-state index is 15.5. The predicted molar refractivity (Wildman–Crippen MR) is 143 cm³/mol. The van der Waals surface area contributed by atoms with Gasteiger partial charge in [0.2, 0.25) is 0 Å². The van der Waals surface area contributed by atoms with Crippen LogP contribution in [0.3, 0.4) is 0 Å². The van der Waals surface area contributed by atoms with E-state index in [0.29, 0.717) is 0 Å². The van der Waals surface area contributed by atoms with E-state index in [-0.39, 0.29) is 23.4 Å². The van der Waals surface area contributed by atoms with E-state index in [1.807, 2.05) is 24.3 Å². The van der Waals surface area contributed by atoms with Gasteiger partial charge < -0.3 is 0 Å². The Morgan fingerprint density at radius 1 is 0.595 bits per heavy atom. The Bertz CT molecular complexity index is 1610. The molecule has 37 heavy (non-hydrogen) atoms. The van der Waals surface area contributed by atoms with E-state index < -0.39 is 27.6 Å². The largest absolute Gasteiger partial charge is 0.299 e. The van der Waals surface area contributed by atoms with Gasteiger partial charge in [0.05, 0.1) is 10.8 Å². The van der Waals surface area contributed by atoms with Gasteiger partial charge in [-0.25, -0.2) is 0 Å². The van der Waals surface area contributed by atoms with Crippen molar-refractivity contribution in [3.05, 3.63) is 143 Å². The molecule has 0 amide bonds. The molecule has 0 radical (unpaired) electrons. The average molecular weight is 481 g/mol. The Morgan fingerprint density at radius 3 is 1.68 bits per heavy atom. The predicted octanol–water partition coefficient (Wildman–Crippen LogP) is 6.17. The molecular weight excluding hydrogens is 452 g/mol. The van der Waals surface area contributed by atoms with Gasteiger partial charge in [-0.1, -0.05) is 122 Å². The molecular formula is C35H28O2. The van der Waals surface area contributed by atoms with Crippen LogP contribution in [0.1, 0.15) is 41.7 Å². The Labute approximate surface area is 217 Å². The zero-order valence-electron chi connectivity index (χ0n) is 21.0. The Morgan fingerprint density at radius 2 is 1.08 bits per heavy atom. The molecule has 0 spiro atoms. The van der Waals surface area contributed by atoms with Crippen molar-refractivity contribution in [1.29, 1.82) is 0 Å². The molecule has 4 aromatic carbocycles. The highest BCUT2D eigenvalue weighted by atomic mass is 16.1. The molecule has 3 saturated carbocycles. The van der Waals surface area contributed by atoms with E-state index in [0.717, 1.165) is 22.3 Å². The molecule has 0 aliphatic heterocycles. The van der Waals surface area contributed by atoms with Crippen LogP contribution in [0.25, 0.3) is 0 Å². The van der Waals surface area contributed by atoms with Crippen LogP contribution in [0.5, 0.6) is 0 Å². The lowest BCUT2D eigenvalue weighted by molar-refractivity contribution is -0.149. The van der Waals surface area contributed by atoms with E-state index in [9.17, 15) is 4.79 Å². The maximum Gasteiger partial charge on any atom is 0.156 e. The van der Waals surface area contributed by atoms with E-state index in [1.165, 1.54) is 5.56 Å². The number of hydrogen-bond acceptors (Lipinski definition) is 2. The molecule has 5 aliphatic carbocycles. The van der Waals surface area contributed by atoms with Crippen LogP contribution in [-0.4, -0.2) is 11.6 Å². The minimum atomic E-state index is -0.892. The number of Topliss-reactive ketones (excluding diaryl/α,β-unsaturated/α-hetero) is 2. The Balaban J connectivity index is 1.67. The quantitative estimate of drug-likeness (QED) is 0.352. The number of rotatable bonds is 3. The summed E-state index contributed by atoms with van der Waals surface area (Å²) in [5.74, 6) is -0.149. The number of hydrogen-bond donors (Lipinski definition) is 0. The third-order valence-electron chi connectivity index (χ3n) is 10.8. The van der Waals surface area contributed by atoms with Crippen LogP contribution in [0.15, 0.2) is 115 Å². The molecule has 0 heterocycles.